The van der Waals surface area contributed by atoms with Crippen LogP contribution in [0.15, 0.2) is 54.6 Å². The number of nitrogens with zero attached hydrogens (tertiary/aromatic N) is 2. The minimum atomic E-state index is 0.0269. The summed E-state index contributed by atoms with van der Waals surface area (Å²) < 4.78 is 14.3. The molecule has 1 aliphatic carbocycles. The van der Waals surface area contributed by atoms with E-state index in [0.29, 0.717) is 0 Å². The van der Waals surface area contributed by atoms with Crippen molar-refractivity contribution in [3.05, 3.63) is 77.1 Å². The summed E-state index contributed by atoms with van der Waals surface area (Å²) >= 11 is 0. The van der Waals surface area contributed by atoms with Crippen LogP contribution in [-0.4, -0.2) is 27.8 Å². The molecule has 2 heterocycles. The van der Waals surface area contributed by atoms with Gasteiger partial charge in [-0.3, -0.25) is 9.48 Å². The third-order valence-electron chi connectivity index (χ3n) is 6.89. The van der Waals surface area contributed by atoms with E-state index in [1.165, 1.54) is 11.1 Å². The number of nitrogens with one attached hydrogen (secondary N) is 1. The lowest BCUT2D eigenvalue weighted by atomic mass is 9.92. The molecule has 1 fully saturated rings. The standard InChI is InChI=1S/C28H33N3O3/c1-19-16-20(2)31(30-19)18-28(32)29-23-9-11-24(12-10-23)33-25-13-15-27-22(17-25)8-14-26(34-27)21-6-4-3-5-7-21/h3-7,13,15-17,23-24,26H,8-12,14,18H2,1-2H3,(H,29,32). The van der Waals surface area contributed by atoms with Gasteiger partial charge in [-0.1, -0.05) is 30.3 Å². The monoisotopic (exact) mass is 459 g/mol. The van der Waals surface area contributed by atoms with E-state index >= 15 is 0 Å². The number of hydrogen-bond acceptors (Lipinski definition) is 4. The van der Waals surface area contributed by atoms with Gasteiger partial charge in [0.25, 0.3) is 0 Å². The Bertz CT molecular complexity index is 1130. The average molecular weight is 460 g/mol. The van der Waals surface area contributed by atoms with Gasteiger partial charge in [-0.2, -0.15) is 5.10 Å². The highest BCUT2D eigenvalue weighted by molar-refractivity contribution is 5.76. The predicted octanol–water partition coefficient (Wildman–Crippen LogP) is 5.07. The number of ether oxygens (including phenoxy) is 2. The summed E-state index contributed by atoms with van der Waals surface area (Å²) in [5.74, 6) is 1.90. The molecular weight excluding hydrogens is 426 g/mol. The highest BCUT2D eigenvalue weighted by Crippen LogP contribution is 2.37. The maximum absolute atomic E-state index is 12.4. The summed E-state index contributed by atoms with van der Waals surface area (Å²) in [5, 5.41) is 7.55. The molecule has 6 nitrogen and oxygen atoms in total. The Morgan fingerprint density at radius 2 is 1.85 bits per heavy atom. The molecule has 1 N–H and O–H groups in total. The zero-order valence-corrected chi connectivity index (χ0v) is 20.0. The van der Waals surface area contributed by atoms with E-state index in [4.69, 9.17) is 9.47 Å². The van der Waals surface area contributed by atoms with Crippen LogP contribution in [0.1, 0.15) is 60.7 Å². The molecule has 2 aliphatic rings. The zero-order valence-electron chi connectivity index (χ0n) is 20.0. The number of aryl methyl sites for hydroxylation is 3. The molecule has 2 aromatic carbocycles. The molecule has 1 amide bonds. The van der Waals surface area contributed by atoms with Crippen LogP contribution >= 0.6 is 0 Å². The van der Waals surface area contributed by atoms with Crippen LogP contribution in [0.25, 0.3) is 0 Å². The van der Waals surface area contributed by atoms with E-state index < -0.39 is 0 Å². The van der Waals surface area contributed by atoms with Crippen molar-refractivity contribution < 1.29 is 14.3 Å². The highest BCUT2D eigenvalue weighted by atomic mass is 16.5. The van der Waals surface area contributed by atoms with Crippen LogP contribution < -0.4 is 14.8 Å². The lowest BCUT2D eigenvalue weighted by molar-refractivity contribution is -0.122. The summed E-state index contributed by atoms with van der Waals surface area (Å²) in [6, 6.07) is 18.8. The van der Waals surface area contributed by atoms with Gasteiger partial charge >= 0.3 is 0 Å². The third-order valence-corrected chi connectivity index (χ3v) is 6.89. The van der Waals surface area contributed by atoms with Crippen molar-refractivity contribution >= 4 is 5.91 Å². The molecule has 0 radical (unpaired) electrons. The normalized spacial score (nSPS) is 21.9. The van der Waals surface area contributed by atoms with Crippen LogP contribution in [0.3, 0.4) is 0 Å². The highest BCUT2D eigenvalue weighted by Gasteiger charge is 2.25. The fraction of sp³-hybridized carbons (Fsp3) is 0.429. The molecule has 1 unspecified atom stereocenters. The van der Waals surface area contributed by atoms with Crippen molar-refractivity contribution in [3.8, 4) is 11.5 Å². The van der Waals surface area contributed by atoms with Gasteiger partial charge in [-0.15, -0.1) is 0 Å². The number of carbonyl (C=O) groups is 1. The molecule has 6 heteroatoms. The second-order valence-electron chi connectivity index (χ2n) is 9.57. The summed E-state index contributed by atoms with van der Waals surface area (Å²) in [7, 11) is 0. The molecule has 34 heavy (non-hydrogen) atoms. The molecule has 1 aromatic heterocycles. The van der Waals surface area contributed by atoms with Crippen LogP contribution in [0, 0.1) is 13.8 Å². The minimum Gasteiger partial charge on any atom is -0.490 e. The largest absolute Gasteiger partial charge is 0.490 e. The topological polar surface area (TPSA) is 65.4 Å². The van der Waals surface area contributed by atoms with Crippen molar-refractivity contribution in [2.75, 3.05) is 0 Å². The van der Waals surface area contributed by atoms with Crippen molar-refractivity contribution in [2.24, 2.45) is 0 Å². The molecule has 1 saturated carbocycles. The van der Waals surface area contributed by atoms with E-state index in [0.717, 1.165) is 61.4 Å². The molecule has 1 atom stereocenters. The number of hydrogen-bond donors (Lipinski definition) is 1. The maximum atomic E-state index is 12.4. The Morgan fingerprint density at radius 3 is 2.59 bits per heavy atom. The average Bonchev–Trinajstić information content (AvgIpc) is 3.16. The maximum Gasteiger partial charge on any atom is 0.241 e. The Morgan fingerprint density at radius 1 is 1.06 bits per heavy atom. The van der Waals surface area contributed by atoms with Crippen molar-refractivity contribution in [1.82, 2.24) is 15.1 Å². The van der Waals surface area contributed by atoms with E-state index in [9.17, 15) is 4.79 Å². The van der Waals surface area contributed by atoms with Crippen LogP contribution in [0.2, 0.25) is 0 Å². The molecule has 0 bridgehead atoms. The third kappa shape index (κ3) is 5.27. The van der Waals surface area contributed by atoms with E-state index in [-0.39, 0.29) is 30.7 Å². The summed E-state index contributed by atoms with van der Waals surface area (Å²) in [5.41, 5.74) is 4.39. The lowest BCUT2D eigenvalue weighted by Gasteiger charge is -2.30. The number of carbonyl (C=O) groups excluding carboxylic acids is 1. The SMILES string of the molecule is Cc1cc(C)n(CC(=O)NC2CCC(Oc3ccc4c(c3)CCC(c3ccccc3)O4)CC2)n1. The predicted molar refractivity (Wildman–Crippen MR) is 131 cm³/mol. The van der Waals surface area contributed by atoms with Gasteiger partial charge in [0.15, 0.2) is 0 Å². The van der Waals surface area contributed by atoms with Crippen molar-refractivity contribution in [3.63, 3.8) is 0 Å². The number of aromatic nitrogens is 2. The minimum absolute atomic E-state index is 0.0269. The fourth-order valence-corrected chi connectivity index (χ4v) is 5.10. The summed E-state index contributed by atoms with van der Waals surface area (Å²) in [4.78, 5) is 12.4. The Balaban J connectivity index is 1.10. The van der Waals surface area contributed by atoms with Gasteiger partial charge < -0.3 is 14.8 Å². The first-order valence-electron chi connectivity index (χ1n) is 12.3. The Kier molecular flexibility index (Phi) is 6.57. The number of amides is 1. The van der Waals surface area contributed by atoms with Crippen LogP contribution in [-0.2, 0) is 17.8 Å². The van der Waals surface area contributed by atoms with E-state index in [1.807, 2.05) is 38.1 Å². The zero-order chi connectivity index (χ0) is 23.5. The first-order chi connectivity index (χ1) is 16.5. The molecular formula is C28H33N3O3. The number of fused-ring (bicyclic) bond motifs is 1. The molecule has 0 saturated heterocycles. The quantitative estimate of drug-likeness (QED) is 0.559. The molecule has 178 valence electrons. The molecule has 1 aliphatic heterocycles. The Labute approximate surface area is 201 Å². The van der Waals surface area contributed by atoms with E-state index in [2.05, 4.69) is 40.7 Å². The van der Waals surface area contributed by atoms with Crippen molar-refractivity contribution in [2.45, 2.75) is 77.2 Å². The number of benzene rings is 2. The van der Waals surface area contributed by atoms with Gasteiger partial charge in [-0.25, -0.2) is 0 Å². The van der Waals surface area contributed by atoms with Gasteiger partial charge in [-0.05, 0) is 87.8 Å². The van der Waals surface area contributed by atoms with E-state index in [1.54, 1.807) is 4.68 Å². The van der Waals surface area contributed by atoms with Crippen LogP contribution in [0.5, 0.6) is 11.5 Å². The second-order valence-corrected chi connectivity index (χ2v) is 9.57. The lowest BCUT2D eigenvalue weighted by Crippen LogP contribution is -2.41. The first kappa shape index (κ1) is 22.5. The molecule has 3 aromatic rings. The first-order valence-corrected chi connectivity index (χ1v) is 12.3. The smallest absolute Gasteiger partial charge is 0.241 e. The molecule has 0 spiro atoms. The van der Waals surface area contributed by atoms with Gasteiger partial charge in [0, 0.05) is 11.7 Å². The van der Waals surface area contributed by atoms with Crippen LogP contribution in [0.4, 0.5) is 0 Å². The summed E-state index contributed by atoms with van der Waals surface area (Å²) in [6.07, 6.45) is 6.00. The Hall–Kier alpha value is -3.28. The fourth-order valence-electron chi connectivity index (χ4n) is 5.10. The van der Waals surface area contributed by atoms with Gasteiger partial charge in [0.1, 0.15) is 24.1 Å². The second kappa shape index (κ2) is 9.92. The van der Waals surface area contributed by atoms with Gasteiger partial charge in [0.05, 0.1) is 11.8 Å². The molecule has 5 rings (SSSR count). The summed E-state index contributed by atoms with van der Waals surface area (Å²) in [6.45, 7) is 4.20. The van der Waals surface area contributed by atoms with Gasteiger partial charge in [0.2, 0.25) is 5.91 Å². The van der Waals surface area contributed by atoms with Crippen molar-refractivity contribution in [1.29, 1.82) is 0 Å². The number of rotatable bonds is 6.